The monoisotopic (exact) mass is 178 g/mol. The SMILES string of the molecule is NC1CCCC1Nc1ccncn1. The molecule has 0 saturated heterocycles. The Hall–Kier alpha value is -1.16. The van der Waals surface area contributed by atoms with Gasteiger partial charge in [-0.3, -0.25) is 0 Å². The second kappa shape index (κ2) is 3.70. The van der Waals surface area contributed by atoms with E-state index in [0.717, 1.165) is 18.7 Å². The minimum absolute atomic E-state index is 0.273. The molecule has 2 atom stereocenters. The van der Waals surface area contributed by atoms with Crippen LogP contribution in [0.5, 0.6) is 0 Å². The molecule has 4 nitrogen and oxygen atoms in total. The molecule has 0 aromatic carbocycles. The summed E-state index contributed by atoms with van der Waals surface area (Å²) < 4.78 is 0. The highest BCUT2D eigenvalue weighted by molar-refractivity contribution is 5.33. The molecule has 0 bridgehead atoms. The van der Waals surface area contributed by atoms with Gasteiger partial charge in [-0.2, -0.15) is 0 Å². The number of nitrogens with zero attached hydrogens (tertiary/aromatic N) is 2. The van der Waals surface area contributed by atoms with Gasteiger partial charge in [0.2, 0.25) is 0 Å². The Kier molecular flexibility index (Phi) is 2.40. The fourth-order valence-electron chi connectivity index (χ4n) is 1.73. The van der Waals surface area contributed by atoms with Gasteiger partial charge in [-0.05, 0) is 25.3 Å². The number of rotatable bonds is 2. The third-order valence-corrected chi connectivity index (χ3v) is 2.48. The van der Waals surface area contributed by atoms with Crippen molar-refractivity contribution in [2.75, 3.05) is 5.32 Å². The molecular weight excluding hydrogens is 164 g/mol. The molecule has 1 aromatic rings. The lowest BCUT2D eigenvalue weighted by Crippen LogP contribution is -2.35. The predicted molar refractivity (Wildman–Crippen MR) is 51.3 cm³/mol. The first kappa shape index (κ1) is 8.44. The van der Waals surface area contributed by atoms with Crippen LogP contribution >= 0.6 is 0 Å². The van der Waals surface area contributed by atoms with Gasteiger partial charge in [-0.25, -0.2) is 9.97 Å². The van der Waals surface area contributed by atoms with Crippen molar-refractivity contribution in [1.82, 2.24) is 9.97 Å². The summed E-state index contributed by atoms with van der Waals surface area (Å²) in [5.74, 6) is 0.873. The van der Waals surface area contributed by atoms with Gasteiger partial charge in [0.1, 0.15) is 12.1 Å². The molecule has 0 aliphatic heterocycles. The molecule has 0 amide bonds. The minimum atomic E-state index is 0.273. The highest BCUT2D eigenvalue weighted by atomic mass is 15.1. The molecule has 4 heteroatoms. The lowest BCUT2D eigenvalue weighted by atomic mass is 10.2. The van der Waals surface area contributed by atoms with Gasteiger partial charge in [-0.1, -0.05) is 0 Å². The quantitative estimate of drug-likeness (QED) is 0.702. The van der Waals surface area contributed by atoms with Gasteiger partial charge in [0.15, 0.2) is 0 Å². The highest BCUT2D eigenvalue weighted by Gasteiger charge is 2.23. The molecule has 1 aromatic heterocycles. The molecule has 70 valence electrons. The van der Waals surface area contributed by atoms with Crippen molar-refractivity contribution >= 4 is 5.82 Å². The Bertz CT molecular complexity index is 262. The number of anilines is 1. The summed E-state index contributed by atoms with van der Waals surface area (Å²) in [6.45, 7) is 0. The lowest BCUT2D eigenvalue weighted by molar-refractivity contribution is 0.635. The number of nitrogens with one attached hydrogen (secondary N) is 1. The van der Waals surface area contributed by atoms with Gasteiger partial charge in [-0.15, -0.1) is 0 Å². The predicted octanol–water partition coefficient (Wildman–Crippen LogP) is 0.768. The van der Waals surface area contributed by atoms with E-state index in [2.05, 4.69) is 15.3 Å². The van der Waals surface area contributed by atoms with Crippen molar-refractivity contribution in [2.24, 2.45) is 5.73 Å². The fraction of sp³-hybridized carbons (Fsp3) is 0.556. The molecule has 1 fully saturated rings. The maximum Gasteiger partial charge on any atom is 0.129 e. The van der Waals surface area contributed by atoms with E-state index < -0.39 is 0 Å². The van der Waals surface area contributed by atoms with Crippen molar-refractivity contribution in [3.8, 4) is 0 Å². The van der Waals surface area contributed by atoms with Crippen molar-refractivity contribution in [3.63, 3.8) is 0 Å². The molecular formula is C9H14N4. The average Bonchev–Trinajstić information content (AvgIpc) is 2.54. The summed E-state index contributed by atoms with van der Waals surface area (Å²) in [5.41, 5.74) is 5.92. The van der Waals surface area contributed by atoms with E-state index in [9.17, 15) is 0 Å². The molecule has 0 spiro atoms. The van der Waals surface area contributed by atoms with Crippen LogP contribution in [0.4, 0.5) is 5.82 Å². The third-order valence-electron chi connectivity index (χ3n) is 2.48. The molecule has 13 heavy (non-hydrogen) atoms. The zero-order valence-electron chi connectivity index (χ0n) is 7.48. The molecule has 1 heterocycles. The second-order valence-corrected chi connectivity index (χ2v) is 3.44. The van der Waals surface area contributed by atoms with E-state index in [4.69, 9.17) is 5.73 Å². The number of hydrogen-bond acceptors (Lipinski definition) is 4. The lowest BCUT2D eigenvalue weighted by Gasteiger charge is -2.17. The van der Waals surface area contributed by atoms with Crippen molar-refractivity contribution < 1.29 is 0 Å². The normalized spacial score (nSPS) is 27.5. The summed E-state index contributed by atoms with van der Waals surface area (Å²) in [4.78, 5) is 7.96. The second-order valence-electron chi connectivity index (χ2n) is 3.44. The average molecular weight is 178 g/mol. The fourth-order valence-corrected chi connectivity index (χ4v) is 1.73. The number of hydrogen-bond donors (Lipinski definition) is 2. The van der Waals surface area contributed by atoms with Crippen molar-refractivity contribution in [1.29, 1.82) is 0 Å². The number of aromatic nitrogens is 2. The summed E-state index contributed by atoms with van der Waals surface area (Å²) in [6.07, 6.45) is 6.75. The van der Waals surface area contributed by atoms with Gasteiger partial charge >= 0.3 is 0 Å². The maximum absolute atomic E-state index is 5.92. The Morgan fingerprint density at radius 1 is 1.46 bits per heavy atom. The molecule has 1 aliphatic carbocycles. The van der Waals surface area contributed by atoms with E-state index in [1.165, 1.54) is 6.42 Å². The minimum Gasteiger partial charge on any atom is -0.366 e. The van der Waals surface area contributed by atoms with Gasteiger partial charge in [0, 0.05) is 18.3 Å². The Balaban J connectivity index is 1.98. The van der Waals surface area contributed by atoms with Gasteiger partial charge in [0.05, 0.1) is 0 Å². The number of nitrogens with two attached hydrogens (primary N) is 1. The molecule has 1 saturated carbocycles. The topological polar surface area (TPSA) is 63.8 Å². The first-order valence-corrected chi connectivity index (χ1v) is 4.64. The van der Waals surface area contributed by atoms with Crippen LogP contribution < -0.4 is 11.1 Å². The summed E-state index contributed by atoms with van der Waals surface area (Å²) >= 11 is 0. The van der Waals surface area contributed by atoms with Crippen LogP contribution in [0.1, 0.15) is 19.3 Å². The standard InChI is InChI=1S/C9H14N4/c10-7-2-1-3-8(7)13-9-4-5-11-6-12-9/h4-8H,1-3,10H2,(H,11,12,13). The van der Waals surface area contributed by atoms with Gasteiger partial charge in [0.25, 0.3) is 0 Å². The van der Waals surface area contributed by atoms with Crippen LogP contribution in [-0.4, -0.2) is 22.1 Å². The van der Waals surface area contributed by atoms with Crippen LogP contribution in [0.25, 0.3) is 0 Å². The first-order chi connectivity index (χ1) is 6.36. The van der Waals surface area contributed by atoms with E-state index in [-0.39, 0.29) is 6.04 Å². The largest absolute Gasteiger partial charge is 0.366 e. The van der Waals surface area contributed by atoms with Crippen LogP contribution in [0, 0.1) is 0 Å². The Morgan fingerprint density at radius 3 is 3.00 bits per heavy atom. The first-order valence-electron chi connectivity index (χ1n) is 4.64. The molecule has 2 unspecified atom stereocenters. The van der Waals surface area contributed by atoms with Crippen molar-refractivity contribution in [3.05, 3.63) is 18.6 Å². The Morgan fingerprint density at radius 2 is 2.38 bits per heavy atom. The van der Waals surface area contributed by atoms with E-state index in [0.29, 0.717) is 6.04 Å². The van der Waals surface area contributed by atoms with E-state index >= 15 is 0 Å². The van der Waals surface area contributed by atoms with Crippen LogP contribution in [0.2, 0.25) is 0 Å². The molecule has 2 rings (SSSR count). The zero-order valence-corrected chi connectivity index (χ0v) is 7.48. The summed E-state index contributed by atoms with van der Waals surface area (Å²) in [6, 6.07) is 2.52. The summed E-state index contributed by atoms with van der Waals surface area (Å²) in [5, 5.41) is 3.31. The smallest absolute Gasteiger partial charge is 0.129 e. The third kappa shape index (κ3) is 1.95. The van der Waals surface area contributed by atoms with E-state index in [1.807, 2.05) is 6.07 Å². The van der Waals surface area contributed by atoms with Gasteiger partial charge < -0.3 is 11.1 Å². The maximum atomic E-state index is 5.92. The summed E-state index contributed by atoms with van der Waals surface area (Å²) in [7, 11) is 0. The Labute approximate surface area is 77.6 Å². The van der Waals surface area contributed by atoms with Crippen LogP contribution in [-0.2, 0) is 0 Å². The molecule has 0 radical (unpaired) electrons. The van der Waals surface area contributed by atoms with Crippen LogP contribution in [0.3, 0.4) is 0 Å². The van der Waals surface area contributed by atoms with Crippen molar-refractivity contribution in [2.45, 2.75) is 31.3 Å². The van der Waals surface area contributed by atoms with Crippen LogP contribution in [0.15, 0.2) is 18.6 Å². The zero-order chi connectivity index (χ0) is 9.10. The van der Waals surface area contributed by atoms with E-state index in [1.54, 1.807) is 12.5 Å². The molecule has 1 aliphatic rings. The highest BCUT2D eigenvalue weighted by Crippen LogP contribution is 2.20. The molecule has 3 N–H and O–H groups in total.